The van der Waals surface area contributed by atoms with Crippen LogP contribution in [-0.2, 0) is 6.61 Å². The van der Waals surface area contributed by atoms with Crippen LogP contribution in [0.5, 0.6) is 5.75 Å². The van der Waals surface area contributed by atoms with Gasteiger partial charge in [-0.15, -0.1) is 0 Å². The van der Waals surface area contributed by atoms with Gasteiger partial charge >= 0.3 is 5.97 Å². The van der Waals surface area contributed by atoms with E-state index >= 15 is 0 Å². The molecule has 128 valence electrons. The second-order valence-corrected chi connectivity index (χ2v) is 5.07. The van der Waals surface area contributed by atoms with Crippen molar-refractivity contribution >= 4 is 11.7 Å². The largest absolute Gasteiger partial charge is 0.483 e. The van der Waals surface area contributed by atoms with Gasteiger partial charge < -0.3 is 19.6 Å². The smallest absolute Gasteiger partial charge is 0.371 e. The van der Waals surface area contributed by atoms with Crippen molar-refractivity contribution in [1.29, 1.82) is 15.8 Å². The van der Waals surface area contributed by atoms with Crippen LogP contribution in [-0.4, -0.2) is 11.1 Å². The number of nitrogens with zero attached hydrogens (tertiary/aromatic N) is 3. The normalized spacial score (nSPS) is 9.31. The van der Waals surface area contributed by atoms with E-state index in [2.05, 4.69) is 5.32 Å². The minimum absolute atomic E-state index is 0.0417. The van der Waals surface area contributed by atoms with Crippen LogP contribution in [0.4, 0.5) is 5.69 Å². The summed E-state index contributed by atoms with van der Waals surface area (Å²) >= 11 is 0. The molecule has 8 nitrogen and oxygen atoms in total. The van der Waals surface area contributed by atoms with Crippen LogP contribution in [0, 0.1) is 40.9 Å². The standard InChI is InChI=1S/C18H12N4O4/c1-11-2-4-16(25-10-13-3-5-17(26-13)18(23)24)14(6-11)22-15(9-21)12(7-19)8-20/h2-6,22H,10H2,1H3,(H,23,24). The number of aromatic carboxylic acids is 1. The van der Waals surface area contributed by atoms with Gasteiger partial charge in [0.05, 0.1) is 5.69 Å². The number of furan rings is 1. The van der Waals surface area contributed by atoms with Crippen LogP contribution in [0.25, 0.3) is 0 Å². The first-order chi connectivity index (χ1) is 12.5. The summed E-state index contributed by atoms with van der Waals surface area (Å²) in [6, 6.07) is 13.0. The quantitative estimate of drug-likeness (QED) is 0.758. The molecule has 0 unspecified atom stereocenters. The molecule has 1 aromatic heterocycles. The van der Waals surface area contributed by atoms with E-state index in [-0.39, 0.29) is 23.6 Å². The molecule has 0 fully saturated rings. The number of anilines is 1. The average molecular weight is 348 g/mol. The van der Waals surface area contributed by atoms with Crippen LogP contribution in [0.15, 0.2) is 46.0 Å². The van der Waals surface area contributed by atoms with Crippen LogP contribution >= 0.6 is 0 Å². The Morgan fingerprint density at radius 3 is 2.50 bits per heavy atom. The number of carboxylic acid groups (broad SMARTS) is 1. The summed E-state index contributed by atoms with van der Waals surface area (Å²) in [5, 5.41) is 38.6. The fraction of sp³-hybridized carbons (Fsp3) is 0.111. The van der Waals surface area contributed by atoms with Crippen molar-refractivity contribution < 1.29 is 19.1 Å². The minimum Gasteiger partial charge on any atom is -0.483 e. The van der Waals surface area contributed by atoms with Crippen LogP contribution in [0.2, 0.25) is 0 Å². The molecule has 8 heteroatoms. The first kappa shape index (κ1) is 18.1. The molecule has 0 saturated heterocycles. The highest BCUT2D eigenvalue weighted by molar-refractivity contribution is 5.84. The van der Waals surface area contributed by atoms with Crippen molar-refractivity contribution in [1.82, 2.24) is 0 Å². The van der Waals surface area contributed by atoms with Crippen molar-refractivity contribution in [2.24, 2.45) is 0 Å². The maximum atomic E-state index is 10.8. The Morgan fingerprint density at radius 1 is 1.19 bits per heavy atom. The second kappa shape index (κ2) is 8.05. The van der Waals surface area contributed by atoms with Gasteiger partial charge in [0, 0.05) is 0 Å². The highest BCUT2D eigenvalue weighted by atomic mass is 16.5. The molecule has 1 heterocycles. The average Bonchev–Trinajstić information content (AvgIpc) is 3.10. The number of carbonyl (C=O) groups is 1. The number of benzene rings is 1. The zero-order chi connectivity index (χ0) is 19.1. The van der Waals surface area contributed by atoms with Crippen LogP contribution < -0.4 is 10.1 Å². The summed E-state index contributed by atoms with van der Waals surface area (Å²) in [6.07, 6.45) is 0. The van der Waals surface area contributed by atoms with Gasteiger partial charge in [0.15, 0.2) is 5.57 Å². The fourth-order valence-corrected chi connectivity index (χ4v) is 2.00. The summed E-state index contributed by atoms with van der Waals surface area (Å²) in [4.78, 5) is 10.8. The molecule has 0 aliphatic carbocycles. The maximum Gasteiger partial charge on any atom is 0.371 e. The third kappa shape index (κ3) is 4.19. The topological polar surface area (TPSA) is 143 Å². The van der Waals surface area contributed by atoms with Gasteiger partial charge in [-0.2, -0.15) is 15.8 Å². The number of rotatable bonds is 6. The molecule has 0 radical (unpaired) electrons. The first-order valence-electron chi connectivity index (χ1n) is 7.25. The molecule has 0 atom stereocenters. The zero-order valence-electron chi connectivity index (χ0n) is 13.6. The summed E-state index contributed by atoms with van der Waals surface area (Å²) in [7, 11) is 0. The summed E-state index contributed by atoms with van der Waals surface area (Å²) in [6.45, 7) is 1.78. The Morgan fingerprint density at radius 2 is 1.92 bits per heavy atom. The molecule has 0 bridgehead atoms. The fourth-order valence-electron chi connectivity index (χ4n) is 2.00. The van der Waals surface area contributed by atoms with Gasteiger partial charge in [0.2, 0.25) is 5.76 Å². The number of hydrogen-bond donors (Lipinski definition) is 2. The van der Waals surface area contributed by atoms with E-state index in [0.29, 0.717) is 17.2 Å². The predicted octanol–water partition coefficient (Wildman–Crippen LogP) is 3.10. The Kier molecular flexibility index (Phi) is 5.61. The van der Waals surface area contributed by atoms with Crippen molar-refractivity contribution in [2.75, 3.05) is 5.32 Å². The van der Waals surface area contributed by atoms with Gasteiger partial charge in [0.1, 0.15) is 42.0 Å². The van der Waals surface area contributed by atoms with E-state index in [1.54, 1.807) is 36.4 Å². The summed E-state index contributed by atoms with van der Waals surface area (Å²) in [5.74, 6) is -0.738. The monoisotopic (exact) mass is 348 g/mol. The van der Waals surface area contributed by atoms with E-state index in [0.717, 1.165) is 5.56 Å². The van der Waals surface area contributed by atoms with Crippen LogP contribution in [0.1, 0.15) is 21.9 Å². The maximum absolute atomic E-state index is 10.8. The van der Waals surface area contributed by atoms with Gasteiger partial charge in [-0.1, -0.05) is 6.07 Å². The molecule has 0 saturated carbocycles. The number of ether oxygens (including phenoxy) is 1. The molecule has 26 heavy (non-hydrogen) atoms. The first-order valence-corrected chi connectivity index (χ1v) is 7.25. The Bertz CT molecular complexity index is 983. The number of aryl methyl sites for hydroxylation is 1. The lowest BCUT2D eigenvalue weighted by Crippen LogP contribution is -2.04. The van der Waals surface area contributed by atoms with Crippen LogP contribution in [0.3, 0.4) is 0 Å². The number of allylic oxidation sites excluding steroid dienone is 2. The van der Waals surface area contributed by atoms with E-state index in [1.165, 1.54) is 12.1 Å². The molecule has 0 amide bonds. The summed E-state index contributed by atoms with van der Waals surface area (Å²) in [5.41, 5.74) is 0.696. The summed E-state index contributed by atoms with van der Waals surface area (Å²) < 4.78 is 10.7. The molecular formula is C18H12N4O4. The van der Waals surface area contributed by atoms with Gasteiger partial charge in [-0.3, -0.25) is 0 Å². The molecule has 0 aliphatic rings. The van der Waals surface area contributed by atoms with Gasteiger partial charge in [-0.05, 0) is 36.8 Å². The highest BCUT2D eigenvalue weighted by Gasteiger charge is 2.13. The molecule has 2 aromatic rings. The Balaban J connectivity index is 2.26. The third-order valence-electron chi connectivity index (χ3n) is 3.22. The van der Waals surface area contributed by atoms with E-state index < -0.39 is 5.97 Å². The Labute approximate surface area is 148 Å². The zero-order valence-corrected chi connectivity index (χ0v) is 13.6. The minimum atomic E-state index is -1.18. The SMILES string of the molecule is Cc1ccc(OCc2ccc(C(=O)O)o2)c(NC(C#N)=C(C#N)C#N)c1. The van der Waals surface area contributed by atoms with Crippen molar-refractivity contribution in [3.05, 3.63) is 58.7 Å². The molecule has 0 aliphatic heterocycles. The van der Waals surface area contributed by atoms with E-state index in [1.807, 2.05) is 6.92 Å². The van der Waals surface area contributed by atoms with Crippen molar-refractivity contribution in [2.45, 2.75) is 13.5 Å². The lowest BCUT2D eigenvalue weighted by molar-refractivity contribution is 0.0658. The van der Waals surface area contributed by atoms with Gasteiger partial charge in [0.25, 0.3) is 0 Å². The molecule has 2 N–H and O–H groups in total. The van der Waals surface area contributed by atoms with Gasteiger partial charge in [-0.25, -0.2) is 4.79 Å². The third-order valence-corrected chi connectivity index (χ3v) is 3.22. The predicted molar refractivity (Wildman–Crippen MR) is 88.7 cm³/mol. The lowest BCUT2D eigenvalue weighted by atomic mass is 10.2. The van der Waals surface area contributed by atoms with E-state index in [9.17, 15) is 4.79 Å². The van der Waals surface area contributed by atoms with Crippen molar-refractivity contribution in [3.63, 3.8) is 0 Å². The van der Waals surface area contributed by atoms with Crippen molar-refractivity contribution in [3.8, 4) is 24.0 Å². The number of hydrogen-bond acceptors (Lipinski definition) is 7. The molecule has 1 aromatic carbocycles. The highest BCUT2D eigenvalue weighted by Crippen LogP contribution is 2.28. The lowest BCUT2D eigenvalue weighted by Gasteiger charge is -2.13. The number of nitrogens with one attached hydrogen (secondary N) is 1. The molecular weight excluding hydrogens is 336 g/mol. The number of carboxylic acids is 1. The molecule has 2 rings (SSSR count). The second-order valence-electron chi connectivity index (χ2n) is 5.07. The van der Waals surface area contributed by atoms with E-state index in [4.69, 9.17) is 30.0 Å². The Hall–Kier alpha value is -4.22. The molecule has 0 spiro atoms. The number of nitriles is 3.